The van der Waals surface area contributed by atoms with Crippen molar-refractivity contribution in [3.05, 3.63) is 59.7 Å². The van der Waals surface area contributed by atoms with E-state index in [9.17, 15) is 0 Å². The van der Waals surface area contributed by atoms with Crippen LogP contribution < -0.4 is 4.74 Å². The van der Waals surface area contributed by atoms with Gasteiger partial charge in [-0.1, -0.05) is 24.3 Å². The van der Waals surface area contributed by atoms with Crippen molar-refractivity contribution in [3.8, 4) is 28.3 Å². The molecule has 0 atom stereocenters. The first-order chi connectivity index (χ1) is 13.4. The van der Waals surface area contributed by atoms with Gasteiger partial charge >= 0.3 is 0 Å². The minimum absolute atomic E-state index is 0.701. The maximum atomic E-state index is 5.91. The summed E-state index contributed by atoms with van der Waals surface area (Å²) in [5.41, 5.74) is 7.25. The number of aromatic amines is 1. The van der Waals surface area contributed by atoms with E-state index >= 15 is 0 Å². The SMILES string of the molecule is c1ccc2c(c1)Cc1c(-c3ccc(OCCN4CCOCC4)cc3)n[nH]c1-2. The molecule has 1 saturated heterocycles. The Morgan fingerprint density at radius 3 is 2.70 bits per heavy atom. The van der Waals surface area contributed by atoms with E-state index in [0.717, 1.165) is 62.0 Å². The number of ether oxygens (including phenoxy) is 2. The van der Waals surface area contributed by atoms with Crippen LogP contribution in [0, 0.1) is 0 Å². The topological polar surface area (TPSA) is 50.4 Å². The van der Waals surface area contributed by atoms with Gasteiger partial charge in [-0.2, -0.15) is 5.10 Å². The van der Waals surface area contributed by atoms with E-state index in [1.807, 2.05) is 12.1 Å². The molecule has 27 heavy (non-hydrogen) atoms. The molecule has 0 amide bonds. The Bertz CT molecular complexity index is 927. The third kappa shape index (κ3) is 3.24. The molecule has 1 aromatic heterocycles. The largest absolute Gasteiger partial charge is 0.492 e. The molecule has 0 unspecified atom stereocenters. The van der Waals surface area contributed by atoms with Crippen LogP contribution in [0.1, 0.15) is 11.1 Å². The fourth-order valence-electron chi connectivity index (χ4n) is 3.93. The molecule has 3 aromatic rings. The minimum atomic E-state index is 0.701. The Balaban J connectivity index is 1.26. The van der Waals surface area contributed by atoms with Gasteiger partial charge in [0.2, 0.25) is 0 Å². The van der Waals surface area contributed by atoms with Gasteiger partial charge in [0, 0.05) is 42.7 Å². The Morgan fingerprint density at radius 2 is 1.85 bits per heavy atom. The van der Waals surface area contributed by atoms with Gasteiger partial charge in [0.1, 0.15) is 12.4 Å². The van der Waals surface area contributed by atoms with E-state index in [2.05, 4.69) is 51.5 Å². The predicted octanol–water partition coefficient (Wildman–Crippen LogP) is 3.36. The molecule has 0 radical (unpaired) electrons. The van der Waals surface area contributed by atoms with Crippen LogP contribution in [-0.2, 0) is 11.2 Å². The molecule has 2 aliphatic rings. The van der Waals surface area contributed by atoms with Crippen molar-refractivity contribution < 1.29 is 9.47 Å². The van der Waals surface area contributed by atoms with E-state index in [0.29, 0.717) is 6.61 Å². The number of rotatable bonds is 5. The molecule has 138 valence electrons. The molecule has 2 heterocycles. The van der Waals surface area contributed by atoms with Crippen molar-refractivity contribution in [1.29, 1.82) is 0 Å². The van der Waals surface area contributed by atoms with Crippen LogP contribution in [0.15, 0.2) is 48.5 Å². The second-order valence-electron chi connectivity index (χ2n) is 7.09. The van der Waals surface area contributed by atoms with E-state index in [-0.39, 0.29) is 0 Å². The molecule has 1 fully saturated rings. The summed E-state index contributed by atoms with van der Waals surface area (Å²) in [6.45, 7) is 5.28. The molecule has 1 aliphatic carbocycles. The number of aromatic nitrogens is 2. The van der Waals surface area contributed by atoms with Crippen molar-refractivity contribution in [3.63, 3.8) is 0 Å². The molecule has 5 nitrogen and oxygen atoms in total. The lowest BCUT2D eigenvalue weighted by Crippen LogP contribution is -2.38. The maximum Gasteiger partial charge on any atom is 0.119 e. The normalized spacial score (nSPS) is 16.1. The summed E-state index contributed by atoms with van der Waals surface area (Å²) < 4.78 is 11.3. The predicted molar refractivity (Wildman–Crippen MR) is 105 cm³/mol. The fourth-order valence-corrected chi connectivity index (χ4v) is 3.93. The number of nitrogens with one attached hydrogen (secondary N) is 1. The number of hydrogen-bond acceptors (Lipinski definition) is 4. The quantitative estimate of drug-likeness (QED) is 0.592. The van der Waals surface area contributed by atoms with Gasteiger partial charge < -0.3 is 9.47 Å². The Morgan fingerprint density at radius 1 is 1.04 bits per heavy atom. The third-order valence-corrected chi connectivity index (χ3v) is 5.43. The van der Waals surface area contributed by atoms with Gasteiger partial charge in [-0.3, -0.25) is 10.00 Å². The number of fused-ring (bicyclic) bond motifs is 3. The Hall–Kier alpha value is -2.63. The highest BCUT2D eigenvalue weighted by Gasteiger charge is 2.24. The monoisotopic (exact) mass is 361 g/mol. The van der Waals surface area contributed by atoms with E-state index in [4.69, 9.17) is 9.47 Å². The lowest BCUT2D eigenvalue weighted by molar-refractivity contribution is 0.0322. The van der Waals surface area contributed by atoms with E-state index in [1.165, 1.54) is 16.7 Å². The van der Waals surface area contributed by atoms with Gasteiger partial charge in [0.05, 0.1) is 24.6 Å². The second-order valence-corrected chi connectivity index (χ2v) is 7.09. The average molecular weight is 361 g/mol. The smallest absolute Gasteiger partial charge is 0.119 e. The van der Waals surface area contributed by atoms with Gasteiger partial charge in [-0.15, -0.1) is 0 Å². The molecule has 0 spiro atoms. The van der Waals surface area contributed by atoms with E-state index in [1.54, 1.807) is 0 Å². The van der Waals surface area contributed by atoms with Crippen LogP contribution in [0.5, 0.6) is 5.75 Å². The lowest BCUT2D eigenvalue weighted by atomic mass is 10.1. The summed E-state index contributed by atoms with van der Waals surface area (Å²) in [5.74, 6) is 0.905. The number of H-pyrrole nitrogens is 1. The van der Waals surface area contributed by atoms with Crippen molar-refractivity contribution in [2.24, 2.45) is 0 Å². The molecule has 0 bridgehead atoms. The van der Waals surface area contributed by atoms with Crippen LogP contribution >= 0.6 is 0 Å². The first kappa shape index (κ1) is 16.5. The standard InChI is InChI=1S/C22H23N3O2/c1-2-4-19-17(3-1)15-20-21(23-24-22(19)20)16-5-7-18(8-6-16)27-14-11-25-9-12-26-13-10-25/h1-8H,9-15H2,(H,23,24). The molecule has 2 aromatic carbocycles. The van der Waals surface area contributed by atoms with Gasteiger partial charge in [0.15, 0.2) is 0 Å². The molecule has 1 N–H and O–H groups in total. The second kappa shape index (κ2) is 7.18. The van der Waals surface area contributed by atoms with Crippen LogP contribution in [0.25, 0.3) is 22.5 Å². The van der Waals surface area contributed by atoms with Gasteiger partial charge in [-0.05, 0) is 29.8 Å². The number of nitrogens with zero attached hydrogens (tertiary/aromatic N) is 2. The molecular formula is C22H23N3O2. The molecule has 5 heteroatoms. The van der Waals surface area contributed by atoms with Crippen molar-refractivity contribution in [2.45, 2.75) is 6.42 Å². The van der Waals surface area contributed by atoms with Gasteiger partial charge in [-0.25, -0.2) is 0 Å². The zero-order chi connectivity index (χ0) is 18.1. The summed E-state index contributed by atoms with van der Waals surface area (Å²) in [4.78, 5) is 2.38. The highest BCUT2D eigenvalue weighted by atomic mass is 16.5. The molecular weight excluding hydrogens is 338 g/mol. The zero-order valence-corrected chi connectivity index (χ0v) is 15.3. The fraction of sp³-hybridized carbons (Fsp3) is 0.318. The Kier molecular flexibility index (Phi) is 4.40. The average Bonchev–Trinajstić information content (AvgIpc) is 3.29. The molecule has 0 saturated carbocycles. The first-order valence-electron chi connectivity index (χ1n) is 9.57. The van der Waals surface area contributed by atoms with Crippen LogP contribution in [0.2, 0.25) is 0 Å². The number of morpholine rings is 1. The van der Waals surface area contributed by atoms with Crippen molar-refractivity contribution in [2.75, 3.05) is 39.5 Å². The van der Waals surface area contributed by atoms with Crippen molar-refractivity contribution >= 4 is 0 Å². The van der Waals surface area contributed by atoms with Gasteiger partial charge in [0.25, 0.3) is 0 Å². The van der Waals surface area contributed by atoms with Crippen molar-refractivity contribution in [1.82, 2.24) is 15.1 Å². The third-order valence-electron chi connectivity index (χ3n) is 5.43. The first-order valence-corrected chi connectivity index (χ1v) is 9.57. The van der Waals surface area contributed by atoms with Crippen LogP contribution in [0.4, 0.5) is 0 Å². The summed E-state index contributed by atoms with van der Waals surface area (Å²) in [5, 5.41) is 7.80. The summed E-state index contributed by atoms with van der Waals surface area (Å²) in [6, 6.07) is 16.8. The Labute approximate surface area is 158 Å². The summed E-state index contributed by atoms with van der Waals surface area (Å²) in [7, 11) is 0. The van der Waals surface area contributed by atoms with Crippen LogP contribution in [0.3, 0.4) is 0 Å². The van der Waals surface area contributed by atoms with Crippen LogP contribution in [-0.4, -0.2) is 54.6 Å². The summed E-state index contributed by atoms with van der Waals surface area (Å²) >= 11 is 0. The number of hydrogen-bond donors (Lipinski definition) is 1. The number of benzene rings is 2. The molecule has 5 rings (SSSR count). The highest BCUT2D eigenvalue weighted by Crippen LogP contribution is 2.39. The molecule has 1 aliphatic heterocycles. The highest BCUT2D eigenvalue weighted by molar-refractivity contribution is 5.81. The van der Waals surface area contributed by atoms with E-state index < -0.39 is 0 Å². The minimum Gasteiger partial charge on any atom is -0.492 e. The lowest BCUT2D eigenvalue weighted by Gasteiger charge is -2.26. The maximum absolute atomic E-state index is 5.91. The summed E-state index contributed by atoms with van der Waals surface area (Å²) in [6.07, 6.45) is 0.940. The zero-order valence-electron chi connectivity index (χ0n) is 15.3.